The molecule has 1 aromatic carbocycles. The van der Waals surface area contributed by atoms with Crippen molar-refractivity contribution in [2.24, 2.45) is 0 Å². The van der Waals surface area contributed by atoms with Crippen molar-refractivity contribution in [2.45, 2.75) is 62.2 Å². The number of ether oxygens (including phenoxy) is 5. The average Bonchev–Trinajstić information content (AvgIpc) is 3.38. The largest absolute Gasteiger partial charge is 0.381 e. The Labute approximate surface area is 244 Å². The molecular formula is C27H46N2O8S2Si. The van der Waals surface area contributed by atoms with Gasteiger partial charge in [-0.2, -0.15) is 0 Å². The molecule has 0 aliphatic heterocycles. The third kappa shape index (κ3) is 12.3. The lowest BCUT2D eigenvalue weighted by atomic mass is 10.1. The van der Waals surface area contributed by atoms with Crippen molar-refractivity contribution in [3.63, 3.8) is 0 Å². The Kier molecular flexibility index (Phi) is 14.3. The van der Waals surface area contributed by atoms with Crippen LogP contribution in [0.15, 0.2) is 40.7 Å². The summed E-state index contributed by atoms with van der Waals surface area (Å²) in [6.07, 6.45) is 1.29. The fourth-order valence-corrected chi connectivity index (χ4v) is 9.28. The SMILES string of the molecule is CC(O)(COCCOCCOCCOCCOCc1ccccc1)c1ncc(S(=O)(=O)N[Si](C)(C)C(C)(C)C)s1. The summed E-state index contributed by atoms with van der Waals surface area (Å²) in [4.78, 5) is 4.16. The second-order valence-corrected chi connectivity index (χ2v) is 19.5. The average molecular weight is 619 g/mol. The van der Waals surface area contributed by atoms with E-state index in [4.69, 9.17) is 23.7 Å². The second kappa shape index (κ2) is 16.4. The first-order valence-corrected chi connectivity index (χ1v) is 18.7. The van der Waals surface area contributed by atoms with Crippen molar-refractivity contribution >= 4 is 29.6 Å². The first kappa shape index (κ1) is 34.9. The van der Waals surface area contributed by atoms with Gasteiger partial charge < -0.3 is 28.8 Å². The van der Waals surface area contributed by atoms with E-state index in [2.05, 4.69) is 9.37 Å². The maximum absolute atomic E-state index is 12.9. The summed E-state index contributed by atoms with van der Waals surface area (Å²) >= 11 is 0.949. The van der Waals surface area contributed by atoms with Crippen molar-refractivity contribution in [1.29, 1.82) is 0 Å². The predicted octanol–water partition coefficient (Wildman–Crippen LogP) is 3.92. The van der Waals surface area contributed by atoms with Gasteiger partial charge in [0.25, 0.3) is 0 Å². The Hall–Kier alpha value is -1.26. The van der Waals surface area contributed by atoms with Crippen LogP contribution in [0, 0.1) is 0 Å². The summed E-state index contributed by atoms with van der Waals surface area (Å²) in [5, 5.41) is 10.9. The molecule has 1 heterocycles. The maximum Gasteiger partial charge on any atom is 0.245 e. The molecule has 1 aromatic heterocycles. The Balaban J connectivity index is 1.52. The van der Waals surface area contributed by atoms with Crippen LogP contribution in [0.5, 0.6) is 0 Å². The molecule has 2 rings (SSSR count). The summed E-state index contributed by atoms with van der Waals surface area (Å²) in [6.45, 7) is 15.6. The topological polar surface area (TPSA) is 125 Å². The Morgan fingerprint density at radius 3 is 1.88 bits per heavy atom. The predicted molar refractivity (Wildman–Crippen MR) is 159 cm³/mol. The van der Waals surface area contributed by atoms with E-state index in [9.17, 15) is 13.5 Å². The van der Waals surface area contributed by atoms with Crippen molar-refractivity contribution in [2.75, 3.05) is 59.5 Å². The quantitative estimate of drug-likeness (QED) is 0.168. The fraction of sp³-hybridized carbons (Fsp3) is 0.667. The van der Waals surface area contributed by atoms with Crippen molar-refractivity contribution < 1.29 is 37.2 Å². The van der Waals surface area contributed by atoms with Gasteiger partial charge in [0.15, 0.2) is 4.21 Å². The lowest BCUT2D eigenvalue weighted by Crippen LogP contribution is -2.54. The highest BCUT2D eigenvalue weighted by Gasteiger charge is 2.40. The molecule has 0 amide bonds. The number of rotatable bonds is 20. The number of hydrogen-bond acceptors (Lipinski definition) is 10. The van der Waals surface area contributed by atoms with Gasteiger partial charge in [0.2, 0.25) is 10.0 Å². The molecule has 0 radical (unpaired) electrons. The summed E-state index contributed by atoms with van der Waals surface area (Å²) in [5.41, 5.74) is -0.288. The van der Waals surface area contributed by atoms with Gasteiger partial charge in [0, 0.05) is 0 Å². The molecule has 1 unspecified atom stereocenters. The van der Waals surface area contributed by atoms with Crippen molar-refractivity contribution in [3.05, 3.63) is 47.1 Å². The van der Waals surface area contributed by atoms with Crippen molar-refractivity contribution in [1.82, 2.24) is 9.37 Å². The first-order chi connectivity index (χ1) is 18.7. The minimum Gasteiger partial charge on any atom is -0.381 e. The number of thiazole rings is 1. The number of benzene rings is 1. The van der Waals surface area contributed by atoms with Crippen LogP contribution in [-0.4, -0.2) is 86.2 Å². The summed E-state index contributed by atoms with van der Waals surface area (Å²) in [7, 11) is -6.03. The van der Waals surface area contributed by atoms with E-state index in [0.29, 0.717) is 52.9 Å². The number of hydrogen-bond donors (Lipinski definition) is 2. The second-order valence-electron chi connectivity index (χ2n) is 11.2. The number of aliphatic hydroxyl groups is 1. The fourth-order valence-electron chi connectivity index (χ4n) is 3.05. The van der Waals surface area contributed by atoms with Crippen LogP contribution in [-0.2, 0) is 45.9 Å². The highest BCUT2D eigenvalue weighted by atomic mass is 32.2. The number of nitrogens with zero attached hydrogens (tertiary/aromatic N) is 1. The zero-order chi connectivity index (χ0) is 29.7. The molecular weight excluding hydrogens is 573 g/mol. The molecule has 13 heteroatoms. The minimum absolute atomic E-state index is 0.0398. The van der Waals surface area contributed by atoms with Gasteiger partial charge in [-0.3, -0.25) is 0 Å². The van der Waals surface area contributed by atoms with Crippen LogP contribution < -0.4 is 4.39 Å². The van der Waals surface area contributed by atoms with E-state index < -0.39 is 23.9 Å². The molecule has 0 aliphatic rings. The highest BCUT2D eigenvalue weighted by Crippen LogP contribution is 2.36. The van der Waals surface area contributed by atoms with Gasteiger partial charge in [-0.05, 0) is 17.5 Å². The monoisotopic (exact) mass is 618 g/mol. The van der Waals surface area contributed by atoms with E-state index in [1.807, 2.05) is 64.2 Å². The molecule has 0 fully saturated rings. The summed E-state index contributed by atoms with van der Waals surface area (Å²) in [5.74, 6) is 0. The van der Waals surface area contributed by atoms with Crippen LogP contribution in [0.2, 0.25) is 18.1 Å². The molecule has 1 atom stereocenters. The molecule has 0 saturated carbocycles. The van der Waals surface area contributed by atoms with Gasteiger partial charge in [0.1, 0.15) is 18.8 Å². The van der Waals surface area contributed by atoms with Gasteiger partial charge >= 0.3 is 0 Å². The Morgan fingerprint density at radius 2 is 1.35 bits per heavy atom. The number of aromatic nitrogens is 1. The molecule has 0 spiro atoms. The maximum atomic E-state index is 12.9. The van der Waals surface area contributed by atoms with Gasteiger partial charge in [-0.25, -0.2) is 17.8 Å². The molecule has 2 aromatic rings. The lowest BCUT2D eigenvalue weighted by molar-refractivity contribution is -0.0563. The van der Waals surface area contributed by atoms with Crippen LogP contribution >= 0.6 is 11.3 Å². The normalized spacial score (nSPS) is 14.4. The Morgan fingerprint density at radius 1 is 0.850 bits per heavy atom. The molecule has 40 heavy (non-hydrogen) atoms. The van der Waals surface area contributed by atoms with Gasteiger partial charge in [-0.15, -0.1) is 11.3 Å². The first-order valence-electron chi connectivity index (χ1n) is 13.4. The summed E-state index contributed by atoms with van der Waals surface area (Å²) in [6, 6.07) is 10.00. The van der Waals surface area contributed by atoms with Gasteiger partial charge in [-0.1, -0.05) is 64.2 Å². The van der Waals surface area contributed by atoms with E-state index in [1.54, 1.807) is 6.92 Å². The van der Waals surface area contributed by atoms with Crippen LogP contribution in [0.25, 0.3) is 0 Å². The van der Waals surface area contributed by atoms with E-state index in [1.165, 1.54) is 6.20 Å². The molecule has 228 valence electrons. The zero-order valence-corrected chi connectivity index (χ0v) is 27.2. The molecule has 0 saturated heterocycles. The molecule has 2 N–H and O–H groups in total. The van der Waals surface area contributed by atoms with E-state index in [-0.39, 0.29) is 27.5 Å². The zero-order valence-electron chi connectivity index (χ0n) is 24.6. The van der Waals surface area contributed by atoms with Crippen LogP contribution in [0.4, 0.5) is 0 Å². The van der Waals surface area contributed by atoms with Crippen molar-refractivity contribution in [3.8, 4) is 0 Å². The number of sulfonamides is 1. The Bertz CT molecular complexity index is 1090. The molecule has 10 nitrogen and oxygen atoms in total. The minimum atomic E-state index is -3.73. The van der Waals surface area contributed by atoms with E-state index >= 15 is 0 Å². The molecule has 0 aliphatic carbocycles. The summed E-state index contributed by atoms with van der Waals surface area (Å²) < 4.78 is 56.4. The highest BCUT2D eigenvalue weighted by molar-refractivity contribution is 7.93. The third-order valence-corrected chi connectivity index (χ3v) is 15.9. The third-order valence-electron chi connectivity index (χ3n) is 6.46. The van der Waals surface area contributed by atoms with Crippen LogP contribution in [0.3, 0.4) is 0 Å². The lowest BCUT2D eigenvalue weighted by Gasteiger charge is -2.36. The number of nitrogens with one attached hydrogen (secondary N) is 1. The standard InChI is InChI=1S/C27H46N2O8S2Si/c1-26(2,3)40(5,6)29-39(31,32)24-20-28-25(38-24)27(4,30)22-37-19-17-35-15-13-33-12-14-34-16-18-36-21-23-10-8-7-9-11-23/h7-11,20,29-30H,12-19,21-22H2,1-6H3. The van der Waals surface area contributed by atoms with Gasteiger partial charge in [0.05, 0.1) is 72.3 Å². The van der Waals surface area contributed by atoms with E-state index in [0.717, 1.165) is 16.9 Å². The molecule has 0 bridgehead atoms. The smallest absolute Gasteiger partial charge is 0.245 e. The van der Waals surface area contributed by atoms with Crippen LogP contribution in [0.1, 0.15) is 38.3 Å².